The number of carbonyl (C=O) groups is 2. The van der Waals surface area contributed by atoms with Gasteiger partial charge in [0, 0.05) is 18.7 Å². The number of nitrogens with one attached hydrogen (secondary N) is 1. The maximum atomic E-state index is 12.0. The van der Waals surface area contributed by atoms with E-state index in [4.69, 9.17) is 12.2 Å². The van der Waals surface area contributed by atoms with Crippen LogP contribution in [0.3, 0.4) is 0 Å². The van der Waals surface area contributed by atoms with Crippen molar-refractivity contribution in [1.82, 2.24) is 4.90 Å². The minimum atomic E-state index is 0.0349. The third kappa shape index (κ3) is 4.12. The molecule has 0 spiro atoms. The molecule has 0 atom stereocenters. The normalized spacial score (nSPS) is 16.8. The number of nitrogens with zero attached hydrogens (tertiary/aromatic N) is 1. The molecular weight excluding hydrogens is 328 g/mol. The lowest BCUT2D eigenvalue weighted by Crippen LogP contribution is -2.29. The van der Waals surface area contributed by atoms with Gasteiger partial charge in [0.15, 0.2) is 0 Å². The Morgan fingerprint density at radius 2 is 2.09 bits per heavy atom. The monoisotopic (exact) mass is 348 g/mol. The van der Waals surface area contributed by atoms with Gasteiger partial charge in [-0.1, -0.05) is 30.0 Å². The SMILES string of the molecule is O=C(CCCCN1C(=O)CSC1=S)Nc1ccc2c(c1)CCC2. The van der Waals surface area contributed by atoms with Crippen LogP contribution in [0, 0.1) is 0 Å². The standard InChI is InChI=1S/C17H20N2O2S2/c20-15(6-1-2-9-19-16(21)11-23-17(19)22)18-14-8-7-12-4-3-5-13(12)10-14/h7-8,10H,1-6,9,11H2,(H,18,20). The molecule has 23 heavy (non-hydrogen) atoms. The maximum absolute atomic E-state index is 12.0. The Labute approximate surface area is 146 Å². The van der Waals surface area contributed by atoms with Gasteiger partial charge in [0.2, 0.25) is 11.8 Å². The minimum absolute atomic E-state index is 0.0349. The number of thioether (sulfide) groups is 1. The number of fused-ring (bicyclic) bond motifs is 1. The zero-order valence-electron chi connectivity index (χ0n) is 13.0. The highest BCUT2D eigenvalue weighted by Gasteiger charge is 2.25. The van der Waals surface area contributed by atoms with Crippen LogP contribution in [-0.4, -0.2) is 33.3 Å². The molecular formula is C17H20N2O2S2. The molecule has 1 heterocycles. The fourth-order valence-corrected chi connectivity index (χ4v) is 4.15. The van der Waals surface area contributed by atoms with Crippen LogP contribution in [-0.2, 0) is 22.4 Å². The van der Waals surface area contributed by atoms with Gasteiger partial charge in [0.05, 0.1) is 5.75 Å². The number of hydrogen-bond acceptors (Lipinski definition) is 4. The van der Waals surface area contributed by atoms with Gasteiger partial charge in [-0.3, -0.25) is 14.5 Å². The van der Waals surface area contributed by atoms with Crippen molar-refractivity contribution < 1.29 is 9.59 Å². The van der Waals surface area contributed by atoms with Crippen LogP contribution in [0.1, 0.15) is 36.8 Å². The van der Waals surface area contributed by atoms with E-state index in [1.807, 2.05) is 6.07 Å². The number of carbonyl (C=O) groups excluding carboxylic acids is 2. The number of rotatable bonds is 6. The summed E-state index contributed by atoms with van der Waals surface area (Å²) in [6, 6.07) is 6.20. The number of benzene rings is 1. The molecule has 0 saturated carbocycles. The van der Waals surface area contributed by atoms with Crippen molar-refractivity contribution in [1.29, 1.82) is 0 Å². The first-order chi connectivity index (χ1) is 11.1. The lowest BCUT2D eigenvalue weighted by atomic mass is 10.1. The van der Waals surface area contributed by atoms with Crippen LogP contribution < -0.4 is 5.32 Å². The third-order valence-corrected chi connectivity index (χ3v) is 5.69. The summed E-state index contributed by atoms with van der Waals surface area (Å²) >= 11 is 6.55. The van der Waals surface area contributed by atoms with Gasteiger partial charge in [0.25, 0.3) is 0 Å². The first-order valence-corrected chi connectivity index (χ1v) is 9.41. The van der Waals surface area contributed by atoms with Crippen LogP contribution in [0.25, 0.3) is 0 Å². The summed E-state index contributed by atoms with van der Waals surface area (Å²) in [4.78, 5) is 25.3. The second-order valence-electron chi connectivity index (χ2n) is 5.94. The fraction of sp³-hybridized carbons (Fsp3) is 0.471. The van der Waals surface area contributed by atoms with Crippen LogP contribution in [0.4, 0.5) is 5.69 Å². The molecule has 2 aliphatic rings. The molecule has 3 rings (SSSR count). The highest BCUT2D eigenvalue weighted by molar-refractivity contribution is 8.23. The van der Waals surface area contributed by atoms with E-state index in [9.17, 15) is 9.59 Å². The van der Waals surface area contributed by atoms with E-state index < -0.39 is 0 Å². The van der Waals surface area contributed by atoms with Gasteiger partial charge in [-0.25, -0.2) is 0 Å². The van der Waals surface area contributed by atoms with Crippen molar-refractivity contribution in [3.63, 3.8) is 0 Å². The summed E-state index contributed by atoms with van der Waals surface area (Å²) in [6.07, 6.45) is 5.50. The van der Waals surface area contributed by atoms with Crippen molar-refractivity contribution in [3.8, 4) is 0 Å². The Bertz CT molecular complexity index is 629. The topological polar surface area (TPSA) is 49.4 Å². The predicted molar refractivity (Wildman–Crippen MR) is 97.7 cm³/mol. The van der Waals surface area contributed by atoms with Crippen molar-refractivity contribution in [2.24, 2.45) is 0 Å². The van der Waals surface area contributed by atoms with E-state index in [1.165, 1.54) is 29.3 Å². The third-order valence-electron chi connectivity index (χ3n) is 4.26. The Hall–Kier alpha value is -1.40. The summed E-state index contributed by atoms with van der Waals surface area (Å²) in [5.74, 6) is 0.577. The van der Waals surface area contributed by atoms with Crippen LogP contribution in [0.2, 0.25) is 0 Å². The number of hydrogen-bond donors (Lipinski definition) is 1. The number of amides is 2. The summed E-state index contributed by atoms with van der Waals surface area (Å²) in [5, 5.41) is 2.97. The van der Waals surface area contributed by atoms with Crippen molar-refractivity contribution in [2.75, 3.05) is 17.6 Å². The van der Waals surface area contributed by atoms with Gasteiger partial charge in [-0.2, -0.15) is 0 Å². The second kappa shape index (κ2) is 7.45. The molecule has 6 heteroatoms. The van der Waals surface area contributed by atoms with E-state index in [2.05, 4.69) is 17.4 Å². The minimum Gasteiger partial charge on any atom is -0.326 e. The van der Waals surface area contributed by atoms with Gasteiger partial charge in [-0.05, 0) is 55.4 Å². The molecule has 1 aliphatic carbocycles. The van der Waals surface area contributed by atoms with Gasteiger partial charge in [-0.15, -0.1) is 0 Å². The summed E-state index contributed by atoms with van der Waals surface area (Å²) < 4.78 is 0.664. The Morgan fingerprint density at radius 3 is 2.87 bits per heavy atom. The predicted octanol–water partition coefficient (Wildman–Crippen LogP) is 3.14. The summed E-state index contributed by atoms with van der Waals surface area (Å²) in [6.45, 7) is 0.622. The molecule has 4 nitrogen and oxygen atoms in total. The molecule has 1 saturated heterocycles. The molecule has 1 N–H and O–H groups in total. The molecule has 0 unspecified atom stereocenters. The molecule has 1 aliphatic heterocycles. The Kier molecular flexibility index (Phi) is 5.33. The lowest BCUT2D eigenvalue weighted by Gasteiger charge is -2.14. The van der Waals surface area contributed by atoms with E-state index >= 15 is 0 Å². The molecule has 122 valence electrons. The molecule has 1 aromatic rings. The second-order valence-corrected chi connectivity index (χ2v) is 7.55. The van der Waals surface area contributed by atoms with Crippen molar-refractivity contribution in [2.45, 2.75) is 38.5 Å². The molecule has 1 fully saturated rings. The lowest BCUT2D eigenvalue weighted by molar-refractivity contribution is -0.124. The fourth-order valence-electron chi connectivity index (χ4n) is 3.03. The maximum Gasteiger partial charge on any atom is 0.238 e. The zero-order chi connectivity index (χ0) is 16.2. The van der Waals surface area contributed by atoms with Gasteiger partial charge in [0.1, 0.15) is 4.32 Å². The highest BCUT2D eigenvalue weighted by atomic mass is 32.2. The smallest absolute Gasteiger partial charge is 0.238 e. The van der Waals surface area contributed by atoms with Crippen LogP contribution >= 0.6 is 24.0 Å². The average molecular weight is 348 g/mol. The highest BCUT2D eigenvalue weighted by Crippen LogP contribution is 2.25. The number of aryl methyl sites for hydroxylation is 2. The first kappa shape index (κ1) is 16.5. The molecule has 0 bridgehead atoms. The van der Waals surface area contributed by atoms with Gasteiger partial charge >= 0.3 is 0 Å². The number of thiocarbonyl (C=S) groups is 1. The number of anilines is 1. The van der Waals surface area contributed by atoms with E-state index in [0.717, 1.165) is 31.4 Å². The molecule has 1 aromatic carbocycles. The molecule has 0 radical (unpaired) electrons. The van der Waals surface area contributed by atoms with Crippen molar-refractivity contribution >= 4 is 45.8 Å². The van der Waals surface area contributed by atoms with Crippen molar-refractivity contribution in [3.05, 3.63) is 29.3 Å². The zero-order valence-corrected chi connectivity index (χ0v) is 14.6. The first-order valence-electron chi connectivity index (χ1n) is 8.02. The van der Waals surface area contributed by atoms with Gasteiger partial charge < -0.3 is 5.32 Å². The summed E-state index contributed by atoms with van der Waals surface area (Å²) in [5.41, 5.74) is 3.66. The largest absolute Gasteiger partial charge is 0.326 e. The number of unbranched alkanes of at least 4 members (excludes halogenated alkanes) is 1. The van der Waals surface area contributed by atoms with Crippen LogP contribution in [0.15, 0.2) is 18.2 Å². The van der Waals surface area contributed by atoms with E-state index in [-0.39, 0.29) is 11.8 Å². The molecule has 0 aromatic heterocycles. The average Bonchev–Trinajstić information content (AvgIpc) is 3.11. The Balaban J connectivity index is 1.40. The Morgan fingerprint density at radius 1 is 1.26 bits per heavy atom. The summed E-state index contributed by atoms with van der Waals surface area (Å²) in [7, 11) is 0. The van der Waals surface area contributed by atoms with Crippen LogP contribution in [0.5, 0.6) is 0 Å². The van der Waals surface area contributed by atoms with E-state index in [0.29, 0.717) is 23.0 Å². The molecule has 2 amide bonds. The quantitative estimate of drug-likeness (QED) is 0.634. The van der Waals surface area contributed by atoms with E-state index in [1.54, 1.807) is 4.90 Å².